The van der Waals surface area contributed by atoms with Crippen molar-refractivity contribution in [2.75, 3.05) is 12.3 Å². The molecule has 1 amide bonds. The molecule has 4 rings (SSSR count). The van der Waals surface area contributed by atoms with Gasteiger partial charge in [0, 0.05) is 35.2 Å². The Morgan fingerprint density at radius 3 is 2.83 bits per heavy atom. The molecule has 2 aromatic heterocycles. The number of H-pyrrole nitrogens is 1. The van der Waals surface area contributed by atoms with Crippen LogP contribution in [0.4, 0.5) is 0 Å². The largest absolute Gasteiger partial charge is 0.446 e. The molecule has 4 aromatic rings. The Morgan fingerprint density at radius 2 is 1.97 bits per heavy atom. The zero-order valence-corrected chi connectivity index (χ0v) is 17.3. The molecule has 0 radical (unpaired) electrons. The molecule has 0 aliphatic heterocycles. The maximum Gasteiger partial charge on any atom is 0.273 e. The van der Waals surface area contributed by atoms with Crippen molar-refractivity contribution in [3.05, 3.63) is 89.8 Å². The Labute approximate surface area is 179 Å². The molecular formula is C23H24N4O2S. The Hall–Kier alpha value is -3.03. The number of amides is 1. The van der Waals surface area contributed by atoms with Gasteiger partial charge in [0.1, 0.15) is 6.26 Å². The number of rotatable bonds is 9. The van der Waals surface area contributed by atoms with Gasteiger partial charge in [0.25, 0.3) is 5.91 Å². The van der Waals surface area contributed by atoms with E-state index >= 15 is 0 Å². The molecule has 0 saturated carbocycles. The Morgan fingerprint density at radius 1 is 1.17 bits per heavy atom. The van der Waals surface area contributed by atoms with E-state index in [-0.39, 0.29) is 11.6 Å². The highest BCUT2D eigenvalue weighted by Gasteiger charge is 2.18. The molecule has 0 spiro atoms. The van der Waals surface area contributed by atoms with E-state index in [0.29, 0.717) is 18.9 Å². The van der Waals surface area contributed by atoms with Gasteiger partial charge in [0.15, 0.2) is 5.69 Å². The number of nitrogens with zero attached hydrogens (tertiary/aromatic N) is 1. The smallest absolute Gasteiger partial charge is 0.273 e. The molecule has 1 unspecified atom stereocenters. The number of thioether (sulfide) groups is 1. The van der Waals surface area contributed by atoms with Gasteiger partial charge in [-0.1, -0.05) is 48.5 Å². The van der Waals surface area contributed by atoms with Gasteiger partial charge < -0.3 is 20.5 Å². The molecule has 0 saturated heterocycles. The molecule has 30 heavy (non-hydrogen) atoms. The molecule has 1 atom stereocenters. The predicted octanol–water partition coefficient (Wildman–Crippen LogP) is 4.06. The second-order valence-electron chi connectivity index (χ2n) is 7.04. The summed E-state index contributed by atoms with van der Waals surface area (Å²) in [6.45, 7) is 0.569. The third kappa shape index (κ3) is 4.93. The van der Waals surface area contributed by atoms with Crippen LogP contribution >= 0.6 is 11.8 Å². The number of carbonyl (C=O) groups excluding carboxylic acids is 1. The second-order valence-corrected chi connectivity index (χ2v) is 8.14. The van der Waals surface area contributed by atoms with Crippen molar-refractivity contribution >= 4 is 28.6 Å². The highest BCUT2D eigenvalue weighted by Crippen LogP contribution is 2.23. The van der Waals surface area contributed by atoms with Gasteiger partial charge in [0.2, 0.25) is 5.89 Å². The first-order valence-electron chi connectivity index (χ1n) is 9.86. The summed E-state index contributed by atoms with van der Waals surface area (Å²) in [4.78, 5) is 19.9. The van der Waals surface area contributed by atoms with E-state index in [2.05, 4.69) is 33.5 Å². The highest BCUT2D eigenvalue weighted by atomic mass is 32.2. The Bertz CT molecular complexity index is 1110. The molecule has 0 aliphatic rings. The lowest BCUT2D eigenvalue weighted by Crippen LogP contribution is -2.26. The van der Waals surface area contributed by atoms with Gasteiger partial charge in [-0.15, -0.1) is 0 Å². The third-order valence-corrected chi connectivity index (χ3v) is 5.86. The van der Waals surface area contributed by atoms with E-state index in [1.165, 1.54) is 11.8 Å². The fourth-order valence-corrected chi connectivity index (χ4v) is 4.10. The number of nitrogens with two attached hydrogens (primary N) is 1. The van der Waals surface area contributed by atoms with E-state index in [1.54, 1.807) is 11.8 Å². The molecule has 154 valence electrons. The minimum Gasteiger partial charge on any atom is -0.446 e. The van der Waals surface area contributed by atoms with Gasteiger partial charge in [-0.3, -0.25) is 4.79 Å². The lowest BCUT2D eigenvalue weighted by Gasteiger charge is -2.06. The van der Waals surface area contributed by atoms with E-state index in [9.17, 15) is 4.79 Å². The van der Waals surface area contributed by atoms with Crippen molar-refractivity contribution in [2.24, 2.45) is 5.73 Å². The molecular weight excluding hydrogens is 396 g/mol. The van der Waals surface area contributed by atoms with Crippen LogP contribution < -0.4 is 11.1 Å². The van der Waals surface area contributed by atoms with Crippen LogP contribution in [0.1, 0.15) is 33.5 Å². The zero-order valence-electron chi connectivity index (χ0n) is 16.5. The monoisotopic (exact) mass is 420 g/mol. The summed E-state index contributed by atoms with van der Waals surface area (Å²) in [6, 6.07) is 17.9. The van der Waals surface area contributed by atoms with Gasteiger partial charge >= 0.3 is 0 Å². The summed E-state index contributed by atoms with van der Waals surface area (Å²) >= 11 is 1.78. The first-order chi connectivity index (χ1) is 14.7. The van der Waals surface area contributed by atoms with Crippen molar-refractivity contribution < 1.29 is 9.21 Å². The van der Waals surface area contributed by atoms with Crippen LogP contribution in [0.2, 0.25) is 0 Å². The van der Waals surface area contributed by atoms with Gasteiger partial charge in [-0.25, -0.2) is 4.98 Å². The van der Waals surface area contributed by atoms with E-state index in [1.807, 2.05) is 42.6 Å². The number of hydrogen-bond acceptors (Lipinski definition) is 5. The van der Waals surface area contributed by atoms with Crippen molar-refractivity contribution in [2.45, 2.75) is 18.2 Å². The van der Waals surface area contributed by atoms with Crippen molar-refractivity contribution in [3.63, 3.8) is 0 Å². The van der Waals surface area contributed by atoms with Crippen LogP contribution in [-0.2, 0) is 12.2 Å². The Kier molecular flexibility index (Phi) is 6.51. The number of oxazole rings is 1. The number of para-hydroxylation sites is 1. The number of fused-ring (bicyclic) bond motifs is 1. The van der Waals surface area contributed by atoms with Crippen LogP contribution in [0.3, 0.4) is 0 Å². The van der Waals surface area contributed by atoms with Gasteiger partial charge in [-0.2, -0.15) is 11.8 Å². The van der Waals surface area contributed by atoms with Gasteiger partial charge in [-0.05, 0) is 23.6 Å². The fourth-order valence-electron chi connectivity index (χ4n) is 3.28. The molecule has 7 heteroatoms. The molecule has 2 heterocycles. The summed E-state index contributed by atoms with van der Waals surface area (Å²) < 4.78 is 5.48. The number of benzene rings is 2. The first kappa shape index (κ1) is 20.3. The average molecular weight is 421 g/mol. The summed E-state index contributed by atoms with van der Waals surface area (Å²) in [5, 5.41) is 4.01. The average Bonchev–Trinajstić information content (AvgIpc) is 3.42. The first-order valence-corrected chi connectivity index (χ1v) is 11.0. The standard InChI is InChI=1S/C23H24N4O2S/c24-19(12-17-13-26-20-9-5-4-8-18(17)20)23-27-21(14-29-23)22(28)25-10-11-30-15-16-6-2-1-3-7-16/h1-9,13-14,19,26H,10-12,15,24H2,(H,25,28). The van der Waals surface area contributed by atoms with Crippen LogP contribution in [0.5, 0.6) is 0 Å². The molecule has 2 aromatic carbocycles. The number of nitrogens with one attached hydrogen (secondary N) is 2. The van der Waals surface area contributed by atoms with Crippen LogP contribution in [0.25, 0.3) is 10.9 Å². The third-order valence-electron chi connectivity index (χ3n) is 4.83. The maximum absolute atomic E-state index is 12.3. The van der Waals surface area contributed by atoms with Gasteiger partial charge in [0.05, 0.1) is 6.04 Å². The Balaban J connectivity index is 1.26. The molecule has 6 nitrogen and oxygen atoms in total. The lowest BCUT2D eigenvalue weighted by atomic mass is 10.1. The summed E-state index contributed by atoms with van der Waals surface area (Å²) in [6.07, 6.45) is 3.90. The molecule has 0 aliphatic carbocycles. The minimum absolute atomic E-state index is 0.246. The minimum atomic E-state index is -0.424. The SMILES string of the molecule is NC(Cc1c[nH]c2ccccc12)c1nc(C(=O)NCCSCc2ccccc2)co1. The van der Waals surface area contributed by atoms with Crippen LogP contribution in [0.15, 0.2) is 71.5 Å². The molecule has 0 fully saturated rings. The zero-order chi connectivity index (χ0) is 20.8. The number of aromatic amines is 1. The fraction of sp³-hybridized carbons (Fsp3) is 0.217. The number of aromatic nitrogens is 2. The van der Waals surface area contributed by atoms with Crippen LogP contribution in [-0.4, -0.2) is 28.2 Å². The van der Waals surface area contributed by atoms with E-state index in [0.717, 1.165) is 28.0 Å². The summed E-state index contributed by atoms with van der Waals surface area (Å²) in [5.74, 6) is 1.87. The van der Waals surface area contributed by atoms with Crippen LogP contribution in [0, 0.1) is 0 Å². The highest BCUT2D eigenvalue weighted by molar-refractivity contribution is 7.98. The summed E-state index contributed by atoms with van der Waals surface area (Å²) in [5.41, 5.74) is 9.98. The number of hydrogen-bond donors (Lipinski definition) is 3. The van der Waals surface area contributed by atoms with Crippen molar-refractivity contribution in [1.82, 2.24) is 15.3 Å². The quantitative estimate of drug-likeness (QED) is 0.355. The number of carbonyl (C=O) groups is 1. The van der Waals surface area contributed by atoms with E-state index < -0.39 is 6.04 Å². The van der Waals surface area contributed by atoms with Crippen molar-refractivity contribution in [1.29, 1.82) is 0 Å². The second kappa shape index (κ2) is 9.65. The normalized spacial score (nSPS) is 12.2. The van der Waals surface area contributed by atoms with Crippen molar-refractivity contribution in [3.8, 4) is 0 Å². The molecule has 0 bridgehead atoms. The summed E-state index contributed by atoms with van der Waals surface area (Å²) in [7, 11) is 0. The lowest BCUT2D eigenvalue weighted by molar-refractivity contribution is 0.0951. The van der Waals surface area contributed by atoms with E-state index in [4.69, 9.17) is 10.2 Å². The topological polar surface area (TPSA) is 96.9 Å². The predicted molar refractivity (Wildman–Crippen MR) is 120 cm³/mol. The maximum atomic E-state index is 12.3. The molecule has 4 N–H and O–H groups in total.